The van der Waals surface area contributed by atoms with E-state index in [4.69, 9.17) is 21.1 Å². The van der Waals surface area contributed by atoms with Gasteiger partial charge in [-0.3, -0.25) is 9.59 Å². The van der Waals surface area contributed by atoms with E-state index in [1.807, 2.05) is 0 Å². The summed E-state index contributed by atoms with van der Waals surface area (Å²) in [5, 5.41) is 94.9. The van der Waals surface area contributed by atoms with Crippen LogP contribution in [0.15, 0.2) is 54.0 Å². The lowest BCUT2D eigenvalue weighted by molar-refractivity contribution is -0.136. The molecule has 2 aliphatic rings. The van der Waals surface area contributed by atoms with Gasteiger partial charge in [0.25, 0.3) is 0 Å². The van der Waals surface area contributed by atoms with E-state index in [0.717, 1.165) is 20.3 Å². The highest BCUT2D eigenvalue weighted by molar-refractivity contribution is 6.38. The molecule has 4 aromatic carbocycles. The van der Waals surface area contributed by atoms with Crippen LogP contribution >= 0.6 is 11.6 Å². The normalized spacial score (nSPS) is 23.7. The molecule has 0 saturated heterocycles. The van der Waals surface area contributed by atoms with Crippen molar-refractivity contribution >= 4 is 56.7 Å². The van der Waals surface area contributed by atoms with Crippen LogP contribution in [0.3, 0.4) is 0 Å². The van der Waals surface area contributed by atoms with Crippen molar-refractivity contribution in [3.05, 3.63) is 81.3 Å². The minimum absolute atomic E-state index is 0.115. The second-order valence-electron chi connectivity index (χ2n) is 15.5. The Balaban J connectivity index is 2.06. The van der Waals surface area contributed by atoms with Gasteiger partial charge in [-0.15, -0.1) is 0 Å². The van der Waals surface area contributed by atoms with Gasteiger partial charge in [-0.2, -0.15) is 0 Å². The number of aromatic hydroxyl groups is 4. The van der Waals surface area contributed by atoms with Gasteiger partial charge in [-0.25, -0.2) is 9.59 Å². The largest absolute Gasteiger partial charge is 0.511 e. The molecule has 5 atom stereocenters. The Kier molecular flexibility index (Phi) is 10.5. The second kappa shape index (κ2) is 14.5. The number of ether oxygens (including phenoxy) is 2. The number of carbonyl (C=O) groups excluding carboxylic acids is 4. The number of ketones is 2. The molecule has 14 nitrogen and oxygen atoms in total. The van der Waals surface area contributed by atoms with Gasteiger partial charge in [0.1, 0.15) is 34.5 Å². The molecule has 0 fully saturated rings. The van der Waals surface area contributed by atoms with Gasteiger partial charge >= 0.3 is 11.9 Å². The molecular weight excluding hydrogens is 776 g/mol. The maximum atomic E-state index is 14.8. The Morgan fingerprint density at radius 2 is 1.28 bits per heavy atom. The number of aliphatic hydroxyl groups is 4. The number of Topliss-reactive ketones (excluding diaryl/α,β-unsaturated/α-hetero) is 2. The maximum absolute atomic E-state index is 14.8. The summed E-state index contributed by atoms with van der Waals surface area (Å²) < 4.78 is 9.58. The average Bonchev–Trinajstić information content (AvgIpc) is 3.15. The van der Waals surface area contributed by atoms with E-state index in [2.05, 4.69) is 0 Å². The second-order valence-corrected chi connectivity index (χ2v) is 15.9. The SMILES string of the molecule is COC(=O)/C=C(\O)C1c2c(c(O)c3c(O)cccc3c2-c2c3c(c(O)c4c(O)ccc(Cl)c24)C(=O)C(C)C(O)(C(C)C)C3/C(O)=C\C(=O)OC)C(=O)CC1(O)C(C)C. The third-order valence-corrected chi connectivity index (χ3v) is 12.3. The number of hydrogen-bond acceptors (Lipinski definition) is 14. The molecule has 0 radical (unpaired) electrons. The van der Waals surface area contributed by atoms with Crippen molar-refractivity contribution in [1.82, 2.24) is 0 Å². The molecule has 0 aliphatic heterocycles. The lowest BCUT2D eigenvalue weighted by Crippen LogP contribution is -2.54. The van der Waals surface area contributed by atoms with Crippen LogP contribution < -0.4 is 0 Å². The van der Waals surface area contributed by atoms with E-state index >= 15 is 0 Å². The molecule has 15 heteroatoms. The van der Waals surface area contributed by atoms with Gasteiger partial charge in [0, 0.05) is 22.7 Å². The monoisotopic (exact) mass is 818 g/mol. The van der Waals surface area contributed by atoms with Crippen molar-refractivity contribution < 1.29 is 69.5 Å². The molecule has 306 valence electrons. The molecule has 0 aromatic heterocycles. The fourth-order valence-electron chi connectivity index (χ4n) is 9.01. The Morgan fingerprint density at radius 3 is 1.83 bits per heavy atom. The molecule has 0 bridgehead atoms. The van der Waals surface area contributed by atoms with E-state index < -0.39 is 122 Å². The summed E-state index contributed by atoms with van der Waals surface area (Å²) in [5.74, 6) is -15.1. The molecule has 6 rings (SSSR count). The quantitative estimate of drug-likeness (QED) is 0.0548. The van der Waals surface area contributed by atoms with Crippen molar-refractivity contribution in [2.24, 2.45) is 17.8 Å². The maximum Gasteiger partial charge on any atom is 0.333 e. The first-order valence-corrected chi connectivity index (χ1v) is 18.7. The Labute approximate surface area is 336 Å². The molecule has 0 heterocycles. The molecule has 2 aliphatic carbocycles. The summed E-state index contributed by atoms with van der Waals surface area (Å²) in [6.07, 6.45) is 0.618. The summed E-state index contributed by atoms with van der Waals surface area (Å²) in [4.78, 5) is 54.7. The van der Waals surface area contributed by atoms with Crippen molar-refractivity contribution in [3.8, 4) is 34.1 Å². The smallest absolute Gasteiger partial charge is 0.333 e. The number of aliphatic hydroxyl groups excluding tert-OH is 2. The lowest BCUT2D eigenvalue weighted by Gasteiger charge is -2.48. The van der Waals surface area contributed by atoms with Crippen LogP contribution in [0.25, 0.3) is 32.7 Å². The van der Waals surface area contributed by atoms with Crippen LogP contribution in [0, 0.1) is 17.8 Å². The van der Waals surface area contributed by atoms with Gasteiger partial charge in [0.2, 0.25) is 0 Å². The van der Waals surface area contributed by atoms with E-state index in [1.165, 1.54) is 31.2 Å². The molecule has 0 amide bonds. The fourth-order valence-corrected chi connectivity index (χ4v) is 9.26. The van der Waals surface area contributed by atoms with Gasteiger partial charge in [-0.05, 0) is 57.7 Å². The van der Waals surface area contributed by atoms with Crippen LogP contribution in [0.2, 0.25) is 5.02 Å². The first-order chi connectivity index (χ1) is 27.1. The minimum Gasteiger partial charge on any atom is -0.511 e. The van der Waals surface area contributed by atoms with E-state index in [1.54, 1.807) is 27.7 Å². The summed E-state index contributed by atoms with van der Waals surface area (Å²) in [6, 6.07) is 6.34. The van der Waals surface area contributed by atoms with E-state index in [9.17, 15) is 60.0 Å². The molecule has 58 heavy (non-hydrogen) atoms. The zero-order valence-corrected chi connectivity index (χ0v) is 33.3. The minimum atomic E-state index is -2.29. The lowest BCUT2D eigenvalue weighted by atomic mass is 9.57. The first-order valence-electron chi connectivity index (χ1n) is 18.3. The van der Waals surface area contributed by atoms with Crippen molar-refractivity contribution in [2.45, 2.75) is 64.1 Å². The number of fused-ring (bicyclic) bond motifs is 4. The topological polar surface area (TPSA) is 249 Å². The number of phenolic OH excluding ortho intramolecular Hbond substituents is 4. The number of phenols is 4. The predicted octanol–water partition coefficient (Wildman–Crippen LogP) is 6.73. The summed E-state index contributed by atoms with van der Waals surface area (Å²) in [7, 11) is 2.08. The molecule has 0 saturated carbocycles. The molecular formula is C43H43ClO14. The number of carbonyl (C=O) groups is 4. The zero-order chi connectivity index (χ0) is 43.1. The molecule has 8 N–H and O–H groups in total. The number of halogens is 1. The third-order valence-electron chi connectivity index (χ3n) is 12.0. The third kappa shape index (κ3) is 5.84. The summed E-state index contributed by atoms with van der Waals surface area (Å²) in [5.41, 5.74) is -6.88. The standard InChI is InChI=1S/C43H43ClO14/c1-16(2)42(55)15-25(49)32-34(37(42)23(47)13-26(50)57-6)29(19-9-8-10-21(45)28(19)40(32)53)33-30-20(44)11-12-22(46)31(30)41(54)36-35(33)38(24(48)14-27(51)58-7)43(56,17(3)4)18(5)39(36)52/h8-14,16-18,37-38,45-48,53-56H,15H2,1-7H3/b23-13-,24-14+. The van der Waals surface area contributed by atoms with Gasteiger partial charge < -0.3 is 50.3 Å². The average molecular weight is 819 g/mol. The fraction of sp³-hybridized carbons (Fsp3) is 0.349. The van der Waals surface area contributed by atoms with Crippen LogP contribution in [0.5, 0.6) is 23.0 Å². The van der Waals surface area contributed by atoms with E-state index in [-0.39, 0.29) is 43.4 Å². The van der Waals surface area contributed by atoms with Crippen LogP contribution in [0.4, 0.5) is 0 Å². The molecule has 0 spiro atoms. The van der Waals surface area contributed by atoms with Crippen molar-refractivity contribution in [3.63, 3.8) is 0 Å². The summed E-state index contributed by atoms with van der Waals surface area (Å²) in [6.45, 7) is 7.55. The highest BCUT2D eigenvalue weighted by Crippen LogP contribution is 2.62. The zero-order valence-electron chi connectivity index (χ0n) is 32.5. The van der Waals surface area contributed by atoms with Crippen molar-refractivity contribution in [2.75, 3.05) is 14.2 Å². The predicted molar refractivity (Wildman–Crippen MR) is 212 cm³/mol. The van der Waals surface area contributed by atoms with Gasteiger partial charge in [-0.1, -0.05) is 58.4 Å². The highest BCUT2D eigenvalue weighted by atomic mass is 35.5. The van der Waals surface area contributed by atoms with Gasteiger partial charge in [0.15, 0.2) is 11.6 Å². The molecule has 5 unspecified atom stereocenters. The van der Waals surface area contributed by atoms with Crippen LogP contribution in [-0.2, 0) is 19.1 Å². The molecule has 4 aromatic rings. The highest BCUT2D eigenvalue weighted by Gasteiger charge is 2.58. The van der Waals surface area contributed by atoms with E-state index in [0.29, 0.717) is 12.2 Å². The van der Waals surface area contributed by atoms with Crippen LogP contribution in [-0.4, -0.2) is 89.8 Å². The number of methoxy groups -OCH3 is 2. The number of hydrogen-bond donors (Lipinski definition) is 8. The summed E-state index contributed by atoms with van der Waals surface area (Å²) >= 11 is 6.99. The van der Waals surface area contributed by atoms with Crippen molar-refractivity contribution in [1.29, 1.82) is 0 Å². The van der Waals surface area contributed by atoms with Gasteiger partial charge in [0.05, 0.1) is 71.3 Å². The number of esters is 2. The Bertz CT molecular complexity index is 2530. The Hall–Kier alpha value is -5.83. The van der Waals surface area contributed by atoms with Crippen LogP contribution in [0.1, 0.15) is 84.7 Å². The number of rotatable bonds is 7. The number of benzene rings is 4. The Morgan fingerprint density at radius 1 is 0.741 bits per heavy atom. The first kappa shape index (κ1) is 41.8.